The van der Waals surface area contributed by atoms with Gasteiger partial charge in [-0.2, -0.15) is 97.5 Å². The van der Waals surface area contributed by atoms with Gasteiger partial charge < -0.3 is 0 Å². The maximum absolute atomic E-state index is 16.4. The molecule has 6 aliphatic rings. The van der Waals surface area contributed by atoms with Crippen molar-refractivity contribution in [3.05, 3.63) is 449 Å². The lowest BCUT2D eigenvalue weighted by atomic mass is 9.91. The summed E-state index contributed by atoms with van der Waals surface area (Å²) < 4.78 is 206. The molecule has 0 saturated heterocycles. The first-order chi connectivity index (χ1) is 58.5. The van der Waals surface area contributed by atoms with E-state index in [-0.39, 0.29) is 115 Å². The van der Waals surface area contributed by atoms with E-state index < -0.39 is 138 Å². The van der Waals surface area contributed by atoms with Crippen molar-refractivity contribution in [1.82, 2.24) is 0 Å². The summed E-state index contributed by atoms with van der Waals surface area (Å²) in [5, 5.41) is 77.3. The van der Waals surface area contributed by atoms with Gasteiger partial charge in [-0.3, -0.25) is 0 Å². The smallest absolute Gasteiger partial charge is 0.207 e. The van der Waals surface area contributed by atoms with E-state index in [1.807, 2.05) is 12.1 Å². The van der Waals surface area contributed by atoms with E-state index in [0.717, 1.165) is 72.8 Å². The number of benzene rings is 9. The molecule has 0 atom stereocenters. The summed E-state index contributed by atoms with van der Waals surface area (Å²) in [7, 11) is 0. The van der Waals surface area contributed by atoms with Crippen molar-refractivity contribution in [2.75, 3.05) is 0 Å². The van der Waals surface area contributed by atoms with Crippen LogP contribution in [0.2, 0.25) is 0 Å². The number of alkyl halides is 6. The molecule has 122 heavy (non-hydrogen) atoms. The Labute approximate surface area is 681 Å². The first-order valence-electron chi connectivity index (χ1n) is 35.3. The largest absolute Gasteiger partial charge is 0.523 e. The summed E-state index contributed by atoms with van der Waals surface area (Å²) in [4.78, 5) is 19.4. The Kier molecular flexibility index (Phi) is 22.1. The van der Waals surface area contributed by atoms with Crippen molar-refractivity contribution in [2.24, 2.45) is 0 Å². The standard InChI is InChI=1S/C32H12F8N4.C32H12F2N6.C30H12F4N4/c1-43-30(44-2)23-12-22-27(25(23)16-5-9-19(34)10-6-16)28(31(35,36)37)21-11-20(17(13-41)14-42)24(15-3-7-18(33)8-4-15)26(21)29(22)32(38,39)40;1-39-32(40-2)25-12-24-27(16-38)30-23(26(15-37)31(24)29(25)18-5-9-21(34)10-6-18)11-22(19(13-35)14-36)28(30)17-3-7-20(33)8-4-17;1-37-30(38-2)23-12-22-27(25(23)16-5-9-19(32)10-6-16)28(33)21-11-20(17(13-35)14-36)24(26(21)29(22)34)15-3-7-18(31)8-4-15/h3-10H,11-12H2;3-10H,11-12H2;3-10H,11-12H2. The quantitative estimate of drug-likeness (QED) is 0.0884. The zero-order valence-electron chi connectivity index (χ0n) is 61.7. The molecule has 9 aromatic rings. The number of nitrogens with zero attached hydrogens (tertiary/aromatic N) is 14. The molecule has 0 aromatic heterocycles. The van der Waals surface area contributed by atoms with Crippen LogP contribution in [0, 0.1) is 177 Å². The van der Waals surface area contributed by atoms with Gasteiger partial charge in [0.15, 0.2) is 0 Å². The molecule has 0 N–H and O–H groups in total. The molecule has 0 bridgehead atoms. The van der Waals surface area contributed by atoms with Gasteiger partial charge in [-0.15, -0.1) is 0 Å². The van der Waals surface area contributed by atoms with Gasteiger partial charge in [0.05, 0.1) is 39.0 Å². The maximum atomic E-state index is 16.4. The Morgan fingerprint density at radius 1 is 0.254 bits per heavy atom. The van der Waals surface area contributed by atoms with E-state index in [0.29, 0.717) is 66.1 Å². The summed E-state index contributed by atoms with van der Waals surface area (Å²) in [5.41, 5.74) is -3.84. The molecule has 0 amide bonds. The van der Waals surface area contributed by atoms with E-state index in [2.05, 4.69) is 41.2 Å². The molecule has 0 fully saturated rings. The zero-order valence-corrected chi connectivity index (χ0v) is 61.7. The zero-order chi connectivity index (χ0) is 87.8. The Hall–Kier alpha value is -17.5. The van der Waals surface area contributed by atoms with Gasteiger partial charge in [-0.05, 0) is 202 Å². The van der Waals surface area contributed by atoms with Crippen LogP contribution in [0.1, 0.15) is 89.0 Å². The topological polar surface area (TPSA) is 216 Å². The van der Waals surface area contributed by atoms with Crippen molar-refractivity contribution >= 4 is 33.4 Å². The first kappa shape index (κ1) is 82.5. The van der Waals surface area contributed by atoms with Crippen molar-refractivity contribution in [3.63, 3.8) is 0 Å². The second-order valence-corrected chi connectivity index (χ2v) is 27.1. The fourth-order valence-electron chi connectivity index (χ4n) is 16.3. The number of hydrogen-bond donors (Lipinski definition) is 0. The minimum absolute atomic E-state index is 0.00784. The molecular weight excluding hydrogens is 1590 g/mol. The van der Waals surface area contributed by atoms with Gasteiger partial charge in [-0.25, -0.2) is 35.1 Å². The average molecular weight is 1630 g/mol. The number of rotatable bonds is 6. The summed E-state index contributed by atoms with van der Waals surface area (Å²) in [5.74, 6) is -6.70. The lowest BCUT2D eigenvalue weighted by Gasteiger charge is -2.19. The fraction of sp³-hybridized carbons (Fsp3) is 0.0851. The third-order valence-corrected chi connectivity index (χ3v) is 21.0. The number of allylic oxidation sites excluding steroid dienone is 9. The summed E-state index contributed by atoms with van der Waals surface area (Å²) in [6.45, 7) is 44.8. The average Bonchev–Trinajstić information content (AvgIpc) is 1.57. The van der Waals surface area contributed by atoms with Gasteiger partial charge in [0, 0.05) is 57.7 Å². The second kappa shape index (κ2) is 32.7. The maximum Gasteiger partial charge on any atom is 0.523 e. The van der Waals surface area contributed by atoms with Crippen molar-refractivity contribution in [2.45, 2.75) is 50.9 Å². The van der Waals surface area contributed by atoms with Gasteiger partial charge in [-0.1, -0.05) is 72.8 Å². The van der Waals surface area contributed by atoms with E-state index >= 15 is 35.1 Å². The van der Waals surface area contributed by atoms with Gasteiger partial charge >= 0.3 is 29.8 Å². The molecule has 6 aliphatic carbocycles. The Balaban J connectivity index is 0.000000158. The minimum atomic E-state index is -5.32. The third-order valence-electron chi connectivity index (χ3n) is 21.0. The van der Waals surface area contributed by atoms with Gasteiger partial charge in [0.1, 0.15) is 151 Å². The van der Waals surface area contributed by atoms with Crippen LogP contribution in [0.4, 0.5) is 61.5 Å². The molecule has 580 valence electrons. The van der Waals surface area contributed by atoms with Gasteiger partial charge in [0.25, 0.3) is 0 Å². The monoisotopic (exact) mass is 1630 g/mol. The highest BCUT2D eigenvalue weighted by Gasteiger charge is 2.49. The van der Waals surface area contributed by atoms with Gasteiger partial charge in [0.2, 0.25) is 0 Å². The fourth-order valence-corrected chi connectivity index (χ4v) is 16.3. The molecular formula is C94H36F14N14. The Bertz CT molecular complexity index is 7040. The lowest BCUT2D eigenvalue weighted by Crippen LogP contribution is -2.36. The molecule has 15 rings (SSSR count). The molecule has 9 aromatic carbocycles. The van der Waals surface area contributed by atoms with E-state index in [4.69, 9.17) is 39.4 Å². The highest BCUT2D eigenvalue weighted by atomic mass is 19.4. The molecule has 0 radical (unpaired) electrons. The SMILES string of the molecule is [C-]#[N+]C([N+]#[C-])=C1Cc2c(C#N)c3c(c(C#N)c2=C1c1ccc(F)cc1)CC(=C(C#N)C#N)C=3c1ccc(F)cc1.[C-]#[N+]C([N+]#[C-])=C1Cc2c(C(F)(F)F)c3c(c(C(F)(F)F)c2=C1c1ccc(F)cc1)CC(=C(C#N)C#N)C=3c1ccc(F)cc1.[C-]#[N+]C([N+]#[C-])=C1Cc2c(F)c3c(c(F)c2=C1c1ccc(F)cc1)CC(=C(C#N)C#N)C=3c1ccc(F)cc1. The number of fused-ring (bicyclic) bond motifs is 6. The van der Waals surface area contributed by atoms with Crippen LogP contribution in [-0.4, -0.2) is 0 Å². The van der Waals surface area contributed by atoms with E-state index in [1.54, 1.807) is 12.1 Å². The number of halogens is 14. The van der Waals surface area contributed by atoms with Crippen LogP contribution in [0.5, 0.6) is 0 Å². The molecule has 0 heterocycles. The number of hydrogen-bond acceptors (Lipinski definition) is 8. The molecule has 14 nitrogen and oxygen atoms in total. The Morgan fingerprint density at radius 3 is 0.680 bits per heavy atom. The molecule has 28 heteroatoms. The third kappa shape index (κ3) is 14.0. The first-order valence-corrected chi connectivity index (χ1v) is 35.3. The minimum Gasteiger partial charge on any atom is -0.207 e. The highest BCUT2D eigenvalue weighted by molar-refractivity contribution is 5.95. The molecule has 0 saturated carbocycles. The predicted molar refractivity (Wildman–Crippen MR) is 408 cm³/mol. The molecule has 0 aliphatic heterocycles. The molecule has 0 unspecified atom stereocenters. The number of nitriles is 8. The second-order valence-electron chi connectivity index (χ2n) is 27.1. The van der Waals surface area contributed by atoms with E-state index in [1.165, 1.54) is 84.9 Å². The van der Waals surface area contributed by atoms with Crippen LogP contribution >= 0.6 is 0 Å². The highest BCUT2D eigenvalue weighted by Crippen LogP contribution is 2.47. The van der Waals surface area contributed by atoms with Crippen LogP contribution < -0.4 is 31.3 Å². The lowest BCUT2D eigenvalue weighted by molar-refractivity contribution is -0.143. The predicted octanol–water partition coefficient (Wildman–Crippen LogP) is 16.7. The van der Waals surface area contributed by atoms with Crippen molar-refractivity contribution in [3.8, 4) is 48.6 Å². The normalized spacial score (nSPS) is 13.3. The summed E-state index contributed by atoms with van der Waals surface area (Å²) in [6, 6.07) is 43.3. The van der Waals surface area contributed by atoms with E-state index in [9.17, 15) is 68.4 Å². The Morgan fingerprint density at radius 2 is 0.443 bits per heavy atom. The summed E-state index contributed by atoms with van der Waals surface area (Å²) in [6.07, 6.45) is -13.0. The molecule has 0 spiro atoms. The summed E-state index contributed by atoms with van der Waals surface area (Å²) >= 11 is 0. The van der Waals surface area contributed by atoms with Crippen LogP contribution in [0.15, 0.2) is 213 Å². The van der Waals surface area contributed by atoms with Crippen LogP contribution in [0.25, 0.3) is 62.5 Å². The van der Waals surface area contributed by atoms with Crippen LogP contribution in [0.3, 0.4) is 0 Å². The van der Waals surface area contributed by atoms with Crippen molar-refractivity contribution in [1.29, 1.82) is 42.1 Å². The van der Waals surface area contributed by atoms with Crippen LogP contribution in [-0.2, 0) is 50.9 Å². The van der Waals surface area contributed by atoms with Crippen molar-refractivity contribution < 1.29 is 61.5 Å².